The molecular weight excluding hydrogens is 241 g/mol. The van der Waals surface area contributed by atoms with E-state index in [0.29, 0.717) is 0 Å². The smallest absolute Gasteiger partial charge is 0.358 e. The van der Waals surface area contributed by atoms with Crippen molar-refractivity contribution < 1.29 is 14.7 Å². The van der Waals surface area contributed by atoms with Crippen molar-refractivity contribution in [3.8, 4) is 0 Å². The van der Waals surface area contributed by atoms with Crippen LogP contribution in [-0.4, -0.2) is 22.4 Å². The number of nitrogens with zero attached hydrogens (tertiary/aromatic N) is 1. The first kappa shape index (κ1) is 14.3. The van der Waals surface area contributed by atoms with Crippen LogP contribution < -0.4 is 0 Å². The minimum atomic E-state index is -1.24. The first-order valence-corrected chi connectivity index (χ1v) is 4.92. The molecule has 15 heavy (non-hydrogen) atoms. The summed E-state index contributed by atoms with van der Waals surface area (Å²) < 4.78 is -0.145. The largest absolute Gasteiger partial charge is 0.476 e. The van der Waals surface area contributed by atoms with Gasteiger partial charge in [0.25, 0.3) is 0 Å². The van der Waals surface area contributed by atoms with E-state index in [2.05, 4.69) is 5.16 Å². The molecule has 86 valence electrons. The van der Waals surface area contributed by atoms with E-state index in [-0.39, 0.29) is 15.8 Å². The summed E-state index contributed by atoms with van der Waals surface area (Å²) in [5.74, 6) is -1.24. The van der Waals surface area contributed by atoms with E-state index in [0.717, 1.165) is 0 Å². The van der Waals surface area contributed by atoms with Crippen molar-refractivity contribution in [2.24, 2.45) is 5.16 Å². The number of carbonyl (C=O) groups is 1. The van der Waals surface area contributed by atoms with Gasteiger partial charge in [0.1, 0.15) is 10.1 Å². The molecule has 0 bridgehead atoms. The molecule has 0 aromatic rings. The van der Waals surface area contributed by atoms with Gasteiger partial charge in [0.2, 0.25) is 0 Å². The van der Waals surface area contributed by atoms with Gasteiger partial charge in [0, 0.05) is 5.57 Å². The summed E-state index contributed by atoms with van der Waals surface area (Å²) in [6.45, 7) is 6.69. The molecule has 0 unspecified atom stereocenters. The zero-order valence-electron chi connectivity index (χ0n) is 8.97. The highest BCUT2D eigenvalue weighted by atomic mass is 35.5. The maximum absolute atomic E-state index is 10.8. The van der Waals surface area contributed by atoms with Gasteiger partial charge >= 0.3 is 5.97 Å². The maximum atomic E-state index is 10.8. The van der Waals surface area contributed by atoms with Crippen LogP contribution in [0.3, 0.4) is 0 Å². The molecule has 0 saturated heterocycles. The quantitative estimate of drug-likeness (QED) is 0.622. The number of hydrogen-bond acceptors (Lipinski definition) is 3. The minimum Gasteiger partial charge on any atom is -0.476 e. The lowest BCUT2D eigenvalue weighted by molar-refractivity contribution is -0.129. The van der Waals surface area contributed by atoms with Gasteiger partial charge in [-0.1, -0.05) is 28.4 Å². The van der Waals surface area contributed by atoms with E-state index in [1.54, 1.807) is 20.8 Å². The fraction of sp³-hybridized carbons (Fsp3) is 0.556. The molecule has 0 aliphatic carbocycles. The Morgan fingerprint density at radius 3 is 2.07 bits per heavy atom. The van der Waals surface area contributed by atoms with Crippen molar-refractivity contribution in [1.29, 1.82) is 0 Å². The predicted octanol–water partition coefficient (Wildman–Crippen LogP) is 2.95. The van der Waals surface area contributed by atoms with Crippen LogP contribution >= 0.6 is 23.2 Å². The molecule has 0 radical (unpaired) electrons. The second-order valence-electron chi connectivity index (χ2n) is 3.83. The molecule has 0 amide bonds. The van der Waals surface area contributed by atoms with E-state index in [1.807, 2.05) is 0 Å². The molecule has 0 saturated carbocycles. The van der Waals surface area contributed by atoms with Gasteiger partial charge in [-0.2, -0.15) is 0 Å². The van der Waals surface area contributed by atoms with Gasteiger partial charge < -0.3 is 9.94 Å². The first-order valence-electron chi connectivity index (χ1n) is 4.17. The van der Waals surface area contributed by atoms with Crippen LogP contribution in [-0.2, 0) is 9.63 Å². The van der Waals surface area contributed by atoms with Crippen molar-refractivity contribution >= 4 is 34.9 Å². The zero-order chi connectivity index (χ0) is 12.2. The molecule has 0 aliphatic heterocycles. The van der Waals surface area contributed by atoms with Crippen LogP contribution in [0.4, 0.5) is 0 Å². The van der Waals surface area contributed by atoms with Crippen molar-refractivity contribution in [2.45, 2.75) is 33.3 Å². The third kappa shape index (κ3) is 5.64. The lowest BCUT2D eigenvalue weighted by atomic mass is 10.2. The van der Waals surface area contributed by atoms with Gasteiger partial charge in [0.05, 0.1) is 0 Å². The molecule has 0 aliphatic rings. The number of carboxylic acids is 1. The minimum absolute atomic E-state index is 0.145. The second-order valence-corrected chi connectivity index (χ2v) is 4.78. The van der Waals surface area contributed by atoms with E-state index in [1.165, 1.54) is 6.92 Å². The molecule has 0 spiro atoms. The van der Waals surface area contributed by atoms with E-state index in [4.69, 9.17) is 33.1 Å². The van der Waals surface area contributed by atoms with Gasteiger partial charge in [-0.25, -0.2) is 4.79 Å². The van der Waals surface area contributed by atoms with Crippen LogP contribution in [0.15, 0.2) is 15.2 Å². The van der Waals surface area contributed by atoms with Gasteiger partial charge in [-0.15, -0.1) is 0 Å². The molecule has 0 rings (SSSR count). The van der Waals surface area contributed by atoms with Gasteiger partial charge in [-0.05, 0) is 27.7 Å². The molecule has 1 N–H and O–H groups in total. The summed E-state index contributed by atoms with van der Waals surface area (Å²) in [5.41, 5.74) is -0.709. The Morgan fingerprint density at radius 2 is 1.80 bits per heavy atom. The van der Waals surface area contributed by atoms with Crippen molar-refractivity contribution in [2.75, 3.05) is 0 Å². The van der Waals surface area contributed by atoms with E-state index in [9.17, 15) is 4.79 Å². The number of carboxylic acid groups (broad SMARTS) is 1. The average Bonchev–Trinajstić information content (AvgIpc) is 2.01. The fourth-order valence-electron chi connectivity index (χ4n) is 0.540. The Bertz CT molecular complexity index is 312. The number of aliphatic carboxylic acids is 1. The Labute approximate surface area is 98.5 Å². The summed E-state index contributed by atoms with van der Waals surface area (Å²) in [6, 6.07) is 0. The summed E-state index contributed by atoms with van der Waals surface area (Å²) in [6.07, 6.45) is 0. The van der Waals surface area contributed by atoms with Crippen LogP contribution in [0.2, 0.25) is 0 Å². The zero-order valence-corrected chi connectivity index (χ0v) is 10.5. The maximum Gasteiger partial charge on any atom is 0.358 e. The number of rotatable bonds is 3. The summed E-state index contributed by atoms with van der Waals surface area (Å²) >= 11 is 10.9. The van der Waals surface area contributed by atoms with Crippen molar-refractivity contribution in [3.05, 3.63) is 10.1 Å². The Balaban J connectivity index is 5.01. The highest BCUT2D eigenvalue weighted by Crippen LogP contribution is 2.16. The fourth-order valence-corrected chi connectivity index (χ4v) is 0.719. The van der Waals surface area contributed by atoms with Crippen LogP contribution in [0.5, 0.6) is 0 Å². The monoisotopic (exact) mass is 253 g/mol. The number of oxime groups is 1. The third-order valence-corrected chi connectivity index (χ3v) is 1.82. The molecule has 0 fully saturated rings. The second kappa shape index (κ2) is 5.37. The Morgan fingerprint density at radius 1 is 1.33 bits per heavy atom. The van der Waals surface area contributed by atoms with Crippen molar-refractivity contribution in [3.63, 3.8) is 0 Å². The molecular formula is C9H13Cl2NO3. The number of hydrogen-bond donors (Lipinski definition) is 1. The number of halogens is 2. The molecule has 4 nitrogen and oxygen atoms in total. The third-order valence-electron chi connectivity index (χ3n) is 1.25. The molecule has 0 atom stereocenters. The van der Waals surface area contributed by atoms with Crippen molar-refractivity contribution in [1.82, 2.24) is 0 Å². The molecule has 0 heterocycles. The summed E-state index contributed by atoms with van der Waals surface area (Å²) in [5, 5.41) is 12.3. The first-order chi connectivity index (χ1) is 6.65. The SMILES string of the molecule is CC(=C(Cl)Cl)/C(=N/OC(C)(C)C)C(=O)O. The highest BCUT2D eigenvalue weighted by molar-refractivity contribution is 6.59. The normalized spacial score (nSPS) is 12.3. The predicted molar refractivity (Wildman–Crippen MR) is 60.3 cm³/mol. The topological polar surface area (TPSA) is 58.9 Å². The average molecular weight is 254 g/mol. The van der Waals surface area contributed by atoms with Crippen LogP contribution in [0.25, 0.3) is 0 Å². The molecule has 0 aromatic heterocycles. The lowest BCUT2D eigenvalue weighted by Gasteiger charge is -2.16. The van der Waals surface area contributed by atoms with Crippen LogP contribution in [0.1, 0.15) is 27.7 Å². The van der Waals surface area contributed by atoms with Gasteiger partial charge in [0.15, 0.2) is 5.71 Å². The lowest BCUT2D eigenvalue weighted by Crippen LogP contribution is -2.21. The summed E-state index contributed by atoms with van der Waals surface area (Å²) in [4.78, 5) is 15.8. The Hall–Kier alpha value is -0.740. The summed E-state index contributed by atoms with van der Waals surface area (Å²) in [7, 11) is 0. The molecule has 0 aromatic carbocycles. The standard InChI is InChI=1S/C9H13Cl2NO3/c1-5(7(10)11)6(8(13)14)12-15-9(2,3)4/h1-4H3,(H,13,14)/b12-6-. The highest BCUT2D eigenvalue weighted by Gasteiger charge is 2.18. The van der Waals surface area contributed by atoms with E-state index >= 15 is 0 Å². The van der Waals surface area contributed by atoms with Gasteiger partial charge in [-0.3, -0.25) is 0 Å². The van der Waals surface area contributed by atoms with Crippen LogP contribution in [0, 0.1) is 0 Å². The van der Waals surface area contributed by atoms with E-state index < -0.39 is 11.6 Å². The Kier molecular flexibility index (Phi) is 5.11. The molecule has 6 heteroatoms.